The first kappa shape index (κ1) is 19.5. The summed E-state index contributed by atoms with van der Waals surface area (Å²) < 4.78 is -0.384. The van der Waals surface area contributed by atoms with Crippen LogP contribution in [0.15, 0.2) is 60.7 Å². The lowest BCUT2D eigenvalue weighted by Crippen LogP contribution is -2.66. The van der Waals surface area contributed by atoms with Gasteiger partial charge < -0.3 is 10.6 Å². The molecule has 4 heterocycles. The van der Waals surface area contributed by atoms with E-state index in [4.69, 9.17) is 0 Å². The first-order valence-corrected chi connectivity index (χ1v) is 12.7. The standard InChI is InChI=1S/C23H24N4O2S2/c28-18-14-22(30-12-7-13-31-22)23-20(24-21(29)25-23)19(17-10-5-2-6-11-17)26(27(18)23)15-16-8-3-1-4-9-16/h1-6,8-11,19-20H,7,12-15H2,(H2,24,25,29)/t19-,20+,23+/m1/s1. The van der Waals surface area contributed by atoms with Crippen molar-refractivity contribution < 1.29 is 9.59 Å². The van der Waals surface area contributed by atoms with E-state index in [1.165, 1.54) is 0 Å². The van der Waals surface area contributed by atoms with Gasteiger partial charge in [0.05, 0.1) is 18.5 Å². The van der Waals surface area contributed by atoms with Crippen LogP contribution in [-0.4, -0.2) is 49.2 Å². The average molecular weight is 453 g/mol. The Morgan fingerprint density at radius 3 is 2.35 bits per heavy atom. The second kappa shape index (κ2) is 7.18. The molecule has 3 atom stereocenters. The monoisotopic (exact) mass is 452 g/mol. The quantitative estimate of drug-likeness (QED) is 0.748. The van der Waals surface area contributed by atoms with Crippen molar-refractivity contribution in [1.29, 1.82) is 0 Å². The van der Waals surface area contributed by atoms with Crippen molar-refractivity contribution >= 4 is 35.5 Å². The molecule has 2 spiro atoms. The summed E-state index contributed by atoms with van der Waals surface area (Å²) in [5, 5.41) is 10.6. The summed E-state index contributed by atoms with van der Waals surface area (Å²) >= 11 is 3.69. The predicted octanol–water partition coefficient (Wildman–Crippen LogP) is 3.33. The Bertz CT molecular complexity index is 1010. The predicted molar refractivity (Wildman–Crippen MR) is 123 cm³/mol. The lowest BCUT2D eigenvalue weighted by Gasteiger charge is -2.45. The Kier molecular flexibility index (Phi) is 4.52. The third-order valence-corrected chi connectivity index (χ3v) is 10.3. The van der Waals surface area contributed by atoms with Crippen molar-refractivity contribution in [3.8, 4) is 0 Å². The molecule has 2 N–H and O–H groups in total. The van der Waals surface area contributed by atoms with Gasteiger partial charge in [-0.1, -0.05) is 60.7 Å². The van der Waals surface area contributed by atoms with E-state index >= 15 is 0 Å². The van der Waals surface area contributed by atoms with Crippen LogP contribution < -0.4 is 10.6 Å². The molecule has 4 aliphatic heterocycles. The molecule has 3 amide bonds. The summed E-state index contributed by atoms with van der Waals surface area (Å²) in [6.45, 7) is 0.605. The molecule has 31 heavy (non-hydrogen) atoms. The minimum absolute atomic E-state index is 0.0882. The average Bonchev–Trinajstić information content (AvgIpc) is 3.33. The van der Waals surface area contributed by atoms with Crippen LogP contribution >= 0.6 is 23.5 Å². The van der Waals surface area contributed by atoms with Gasteiger partial charge in [0.1, 0.15) is 4.08 Å². The number of nitrogens with one attached hydrogen (secondary N) is 2. The lowest BCUT2D eigenvalue weighted by molar-refractivity contribution is -0.150. The highest BCUT2D eigenvalue weighted by Gasteiger charge is 2.77. The van der Waals surface area contributed by atoms with Gasteiger partial charge >= 0.3 is 6.03 Å². The number of thioether (sulfide) groups is 2. The molecule has 6 rings (SSSR count). The number of amides is 3. The van der Waals surface area contributed by atoms with Crippen LogP contribution in [0.5, 0.6) is 0 Å². The molecular weight excluding hydrogens is 428 g/mol. The highest BCUT2D eigenvalue weighted by Crippen LogP contribution is 2.64. The molecule has 160 valence electrons. The number of hydrazine groups is 1. The third-order valence-electron chi connectivity index (χ3n) is 6.76. The summed E-state index contributed by atoms with van der Waals surface area (Å²) in [6.07, 6.45) is 1.57. The number of carbonyl (C=O) groups excluding carboxylic acids is 2. The third kappa shape index (κ3) is 2.71. The number of rotatable bonds is 3. The molecule has 2 aromatic rings. The van der Waals surface area contributed by atoms with Crippen molar-refractivity contribution in [2.75, 3.05) is 11.5 Å². The second-order valence-electron chi connectivity index (χ2n) is 8.47. The van der Waals surface area contributed by atoms with Crippen LogP contribution in [0.3, 0.4) is 0 Å². The van der Waals surface area contributed by atoms with E-state index < -0.39 is 5.66 Å². The van der Waals surface area contributed by atoms with Crippen molar-refractivity contribution in [2.24, 2.45) is 0 Å². The zero-order valence-electron chi connectivity index (χ0n) is 17.0. The van der Waals surface area contributed by atoms with Crippen LogP contribution in [0.2, 0.25) is 0 Å². The SMILES string of the molecule is O=C1N[C@H]2[C@@H](c3ccccc3)N(Cc3ccccc3)N3C(=O)CC4(SCCCS4)[C@]23N1. The number of hydrogen-bond acceptors (Lipinski definition) is 5. The van der Waals surface area contributed by atoms with Gasteiger partial charge in [-0.05, 0) is 29.1 Å². The van der Waals surface area contributed by atoms with E-state index in [9.17, 15) is 9.59 Å². The van der Waals surface area contributed by atoms with Gasteiger partial charge in [0.2, 0.25) is 5.91 Å². The van der Waals surface area contributed by atoms with E-state index in [0.717, 1.165) is 29.1 Å². The Balaban J connectivity index is 1.52. The largest absolute Gasteiger partial charge is 0.329 e. The fourth-order valence-electron chi connectivity index (χ4n) is 5.62. The summed E-state index contributed by atoms with van der Waals surface area (Å²) in [4.78, 5) is 26.4. The van der Waals surface area contributed by atoms with Gasteiger partial charge in [0, 0.05) is 6.54 Å². The number of hydrogen-bond donors (Lipinski definition) is 2. The molecule has 6 nitrogen and oxygen atoms in total. The number of urea groups is 1. The van der Waals surface area contributed by atoms with Crippen LogP contribution in [0.4, 0.5) is 4.79 Å². The lowest BCUT2D eigenvalue weighted by atomic mass is 9.90. The second-order valence-corrected chi connectivity index (χ2v) is 11.5. The molecule has 0 saturated carbocycles. The maximum Gasteiger partial charge on any atom is 0.317 e. The first-order chi connectivity index (χ1) is 15.1. The van der Waals surface area contributed by atoms with Gasteiger partial charge in [-0.25, -0.2) is 14.8 Å². The highest BCUT2D eigenvalue weighted by atomic mass is 32.2. The highest BCUT2D eigenvalue weighted by molar-refractivity contribution is 8.19. The van der Waals surface area contributed by atoms with Gasteiger partial charge in [-0.2, -0.15) is 0 Å². The van der Waals surface area contributed by atoms with E-state index in [-0.39, 0.29) is 28.1 Å². The van der Waals surface area contributed by atoms with Crippen molar-refractivity contribution in [1.82, 2.24) is 20.7 Å². The zero-order valence-corrected chi connectivity index (χ0v) is 18.6. The van der Waals surface area contributed by atoms with Crippen LogP contribution in [0, 0.1) is 0 Å². The molecule has 4 saturated heterocycles. The molecular formula is C23H24N4O2S2. The summed E-state index contributed by atoms with van der Waals surface area (Å²) in [7, 11) is 0. The fourth-order valence-corrected chi connectivity index (χ4v) is 9.29. The Morgan fingerprint density at radius 2 is 1.65 bits per heavy atom. The van der Waals surface area contributed by atoms with Gasteiger partial charge in [0.25, 0.3) is 0 Å². The molecule has 0 aliphatic carbocycles. The first-order valence-electron chi connectivity index (χ1n) is 10.7. The Hall–Kier alpha value is -2.16. The summed E-state index contributed by atoms with van der Waals surface area (Å²) in [5.74, 6) is 2.10. The van der Waals surface area contributed by atoms with E-state index in [1.807, 2.05) is 64.9 Å². The summed E-state index contributed by atoms with van der Waals surface area (Å²) in [6, 6.07) is 20.0. The van der Waals surface area contributed by atoms with E-state index in [1.54, 1.807) is 0 Å². The minimum atomic E-state index is -0.772. The van der Waals surface area contributed by atoms with Crippen LogP contribution in [-0.2, 0) is 11.3 Å². The fraction of sp³-hybridized carbons (Fsp3) is 0.391. The molecule has 0 radical (unpaired) electrons. The van der Waals surface area contributed by atoms with Crippen molar-refractivity contribution in [3.63, 3.8) is 0 Å². The molecule has 0 unspecified atom stereocenters. The zero-order chi connectivity index (χ0) is 21.1. The Labute approximate surface area is 190 Å². The smallest absolute Gasteiger partial charge is 0.317 e. The van der Waals surface area contributed by atoms with Crippen molar-refractivity contribution in [3.05, 3.63) is 71.8 Å². The van der Waals surface area contributed by atoms with Gasteiger partial charge in [-0.3, -0.25) is 4.79 Å². The van der Waals surface area contributed by atoms with E-state index in [2.05, 4.69) is 39.9 Å². The van der Waals surface area contributed by atoms with Crippen LogP contribution in [0.1, 0.15) is 30.0 Å². The maximum atomic E-state index is 13.6. The normalized spacial score (nSPS) is 31.4. The van der Waals surface area contributed by atoms with Gasteiger partial charge in [0.15, 0.2) is 5.66 Å². The maximum absolute atomic E-state index is 13.6. The molecule has 8 heteroatoms. The summed E-state index contributed by atoms with van der Waals surface area (Å²) in [5.41, 5.74) is 1.48. The minimum Gasteiger partial charge on any atom is -0.329 e. The van der Waals surface area contributed by atoms with Crippen molar-refractivity contribution in [2.45, 2.75) is 41.2 Å². The molecule has 0 aromatic heterocycles. The number of benzene rings is 2. The molecule has 4 fully saturated rings. The Morgan fingerprint density at radius 1 is 0.968 bits per heavy atom. The number of nitrogens with zero attached hydrogens (tertiary/aromatic N) is 2. The van der Waals surface area contributed by atoms with E-state index in [0.29, 0.717) is 13.0 Å². The molecule has 4 aliphatic rings. The van der Waals surface area contributed by atoms with Crippen LogP contribution in [0.25, 0.3) is 0 Å². The van der Waals surface area contributed by atoms with Gasteiger partial charge in [-0.15, -0.1) is 23.5 Å². The topological polar surface area (TPSA) is 64.7 Å². The number of carbonyl (C=O) groups is 2. The molecule has 0 bridgehead atoms. The molecule has 2 aromatic carbocycles.